The van der Waals surface area contributed by atoms with Crippen LogP contribution in [0.25, 0.3) is 21.5 Å². The van der Waals surface area contributed by atoms with E-state index in [1.165, 1.54) is 42.4 Å². The summed E-state index contributed by atoms with van der Waals surface area (Å²) in [5.74, 6) is 0.764. The third-order valence-corrected chi connectivity index (χ3v) is 7.14. The molecule has 5 rings (SSSR count). The normalized spacial score (nSPS) is 15.0. The van der Waals surface area contributed by atoms with Crippen LogP contribution in [0.3, 0.4) is 0 Å². The lowest BCUT2D eigenvalue weighted by atomic mass is 9.58. The molecule has 0 unspecified atom stereocenters. The molecule has 4 aromatic rings. The van der Waals surface area contributed by atoms with Crippen LogP contribution in [-0.4, -0.2) is 36.7 Å². The first-order valence-electron chi connectivity index (χ1n) is 11.4. The lowest BCUT2D eigenvalue weighted by Crippen LogP contribution is -2.36. The van der Waals surface area contributed by atoms with Crippen molar-refractivity contribution in [2.75, 3.05) is 10.6 Å². The van der Waals surface area contributed by atoms with Gasteiger partial charge in [-0.2, -0.15) is 0 Å². The van der Waals surface area contributed by atoms with Gasteiger partial charge in [-0.3, -0.25) is 4.98 Å². The smallest absolute Gasteiger partial charge is 0.184 e. The first kappa shape index (κ1) is 21.0. The second kappa shape index (κ2) is 8.94. The average Bonchev–Trinajstić information content (AvgIpc) is 3.22. The maximum absolute atomic E-state index is 4.82. The summed E-state index contributed by atoms with van der Waals surface area (Å²) in [6.45, 7) is 0. The van der Waals surface area contributed by atoms with Gasteiger partial charge in [0.15, 0.2) is 5.13 Å². The summed E-state index contributed by atoms with van der Waals surface area (Å²) < 4.78 is 1.21. The molecule has 2 aromatic carbocycles. The van der Waals surface area contributed by atoms with Crippen LogP contribution in [0.5, 0.6) is 0 Å². The second-order valence-electron chi connectivity index (χ2n) is 9.09. The molecule has 1 fully saturated rings. The van der Waals surface area contributed by atoms with Crippen LogP contribution in [0.4, 0.5) is 10.9 Å². The number of benzene rings is 2. The number of anilines is 2. The van der Waals surface area contributed by atoms with Crippen LogP contribution in [0.15, 0.2) is 60.9 Å². The highest BCUT2D eigenvalue weighted by Gasteiger charge is 2.22. The van der Waals surface area contributed by atoms with E-state index in [1.807, 2.05) is 18.2 Å². The molecule has 2 aromatic heterocycles. The minimum absolute atomic E-state index is 0.306. The number of hydrogen-bond acceptors (Lipinski definition) is 6. The predicted octanol–water partition coefficient (Wildman–Crippen LogP) is 3.99. The molecule has 0 amide bonds. The highest BCUT2D eigenvalue weighted by Crippen LogP contribution is 2.32. The molecule has 8 heteroatoms. The van der Waals surface area contributed by atoms with E-state index < -0.39 is 0 Å². The molecule has 0 saturated heterocycles. The number of rotatable bonds is 6. The van der Waals surface area contributed by atoms with E-state index in [2.05, 4.69) is 61.6 Å². The van der Waals surface area contributed by atoms with Crippen molar-refractivity contribution in [3.05, 3.63) is 66.5 Å². The minimum atomic E-state index is -0.306. The van der Waals surface area contributed by atoms with Gasteiger partial charge < -0.3 is 10.6 Å². The molecule has 0 radical (unpaired) electrons. The zero-order valence-electron chi connectivity index (χ0n) is 18.6. The van der Waals surface area contributed by atoms with Gasteiger partial charge >= 0.3 is 0 Å². The van der Waals surface area contributed by atoms with Gasteiger partial charge in [0, 0.05) is 16.9 Å². The summed E-state index contributed by atoms with van der Waals surface area (Å²) in [5.41, 5.74) is 4.18. The Kier molecular flexibility index (Phi) is 5.87. The number of hydrogen-bond donors (Lipinski definition) is 2. The lowest BCUT2D eigenvalue weighted by molar-refractivity contribution is 0.462. The van der Waals surface area contributed by atoms with Gasteiger partial charge in [0.2, 0.25) is 0 Å². The Bertz CT molecular complexity index is 1210. The van der Waals surface area contributed by atoms with Crippen molar-refractivity contribution in [1.82, 2.24) is 15.0 Å². The Balaban J connectivity index is 1.35. The number of aromatic nitrogens is 3. The van der Waals surface area contributed by atoms with Crippen molar-refractivity contribution >= 4 is 48.2 Å². The summed E-state index contributed by atoms with van der Waals surface area (Å²) in [5, 5.41) is 7.97. The van der Waals surface area contributed by atoms with Gasteiger partial charge in [-0.1, -0.05) is 67.0 Å². The van der Waals surface area contributed by atoms with Crippen LogP contribution < -0.4 is 10.6 Å². The third kappa shape index (κ3) is 4.65. The van der Waals surface area contributed by atoms with Crippen molar-refractivity contribution in [3.8, 4) is 11.3 Å². The van der Waals surface area contributed by atoms with Crippen molar-refractivity contribution in [2.45, 2.75) is 43.5 Å². The number of nitrogens with zero attached hydrogens (tertiary/aromatic N) is 3. The monoisotopic (exact) mass is 439 g/mol. The molecular formula is C24H27B2N5S. The largest absolute Gasteiger partial charge is 0.375 e. The van der Waals surface area contributed by atoms with Gasteiger partial charge in [0.1, 0.15) is 21.5 Å². The third-order valence-electron chi connectivity index (χ3n) is 6.19. The molecule has 1 aliphatic rings. The Labute approximate surface area is 194 Å². The number of fused-ring (bicyclic) bond motifs is 1. The zero-order chi connectivity index (χ0) is 22.0. The maximum atomic E-state index is 4.82. The molecular weight excluding hydrogens is 412 g/mol. The van der Waals surface area contributed by atoms with Gasteiger partial charge in [-0.05, 0) is 30.5 Å². The molecule has 160 valence electrons. The SMILES string of the molecule is BC(B)(Nc1cncc(-c2ccccc2)n1)c1ccc2nc(NC3CCCCC3)sc2c1. The lowest BCUT2D eigenvalue weighted by Gasteiger charge is -2.28. The minimum Gasteiger partial charge on any atom is -0.375 e. The Morgan fingerprint density at radius 1 is 0.938 bits per heavy atom. The van der Waals surface area contributed by atoms with Gasteiger partial charge in [0.25, 0.3) is 0 Å². The van der Waals surface area contributed by atoms with Crippen molar-refractivity contribution < 1.29 is 0 Å². The standard InChI is InChI=1S/C24H27B2N5S/c25-24(26,31-22-15-27-14-20(29-22)16-7-3-1-4-8-16)17-11-12-19-21(13-17)32-23(30-19)28-18-9-5-2-6-10-18/h1,3-4,7-8,11-15,18H,2,5-6,9-10,25-26H2,(H,28,30)(H,29,31). The fourth-order valence-electron chi connectivity index (χ4n) is 4.36. The molecule has 0 bridgehead atoms. The Hall–Kier alpha value is -2.86. The van der Waals surface area contributed by atoms with E-state index >= 15 is 0 Å². The van der Waals surface area contributed by atoms with E-state index in [9.17, 15) is 0 Å². The van der Waals surface area contributed by atoms with E-state index in [0.717, 1.165) is 27.7 Å². The summed E-state index contributed by atoms with van der Waals surface area (Å²) >= 11 is 1.75. The Morgan fingerprint density at radius 2 is 1.75 bits per heavy atom. The maximum Gasteiger partial charge on any atom is 0.184 e. The Morgan fingerprint density at radius 3 is 2.56 bits per heavy atom. The molecule has 2 heterocycles. The van der Waals surface area contributed by atoms with Gasteiger partial charge in [-0.15, -0.1) is 0 Å². The van der Waals surface area contributed by atoms with E-state index in [1.54, 1.807) is 23.7 Å². The van der Waals surface area contributed by atoms with Crippen molar-refractivity contribution in [2.24, 2.45) is 0 Å². The topological polar surface area (TPSA) is 62.7 Å². The van der Waals surface area contributed by atoms with Crippen LogP contribution in [0, 0.1) is 0 Å². The molecule has 0 spiro atoms. The molecule has 5 nitrogen and oxygen atoms in total. The van der Waals surface area contributed by atoms with Gasteiger partial charge in [0.05, 0.1) is 28.3 Å². The molecule has 0 aliphatic heterocycles. The fraction of sp³-hybridized carbons (Fsp3) is 0.292. The molecule has 1 aliphatic carbocycles. The summed E-state index contributed by atoms with van der Waals surface area (Å²) in [4.78, 5) is 14.0. The van der Waals surface area contributed by atoms with Crippen LogP contribution in [-0.2, 0) is 5.34 Å². The quantitative estimate of drug-likeness (QED) is 0.445. The van der Waals surface area contributed by atoms with Crippen LogP contribution >= 0.6 is 11.3 Å². The highest BCUT2D eigenvalue weighted by molar-refractivity contribution is 7.22. The molecule has 32 heavy (non-hydrogen) atoms. The second-order valence-corrected chi connectivity index (χ2v) is 10.1. The van der Waals surface area contributed by atoms with Crippen LogP contribution in [0.2, 0.25) is 0 Å². The van der Waals surface area contributed by atoms with Crippen molar-refractivity contribution in [3.63, 3.8) is 0 Å². The fourth-order valence-corrected chi connectivity index (χ4v) is 5.35. The predicted molar refractivity (Wildman–Crippen MR) is 140 cm³/mol. The average molecular weight is 439 g/mol. The summed E-state index contributed by atoms with van der Waals surface area (Å²) in [7, 11) is 4.35. The van der Waals surface area contributed by atoms with E-state index in [4.69, 9.17) is 9.97 Å². The van der Waals surface area contributed by atoms with Crippen molar-refractivity contribution in [1.29, 1.82) is 0 Å². The molecule has 0 atom stereocenters. The first-order valence-corrected chi connectivity index (χ1v) is 12.2. The van der Waals surface area contributed by atoms with Crippen LogP contribution in [0.1, 0.15) is 37.7 Å². The number of nitrogens with one attached hydrogen (secondary N) is 2. The zero-order valence-corrected chi connectivity index (χ0v) is 19.5. The molecule has 2 N–H and O–H groups in total. The summed E-state index contributed by atoms with van der Waals surface area (Å²) in [6.07, 6.45) is 10.1. The molecule has 1 saturated carbocycles. The number of thiazole rings is 1. The first-order chi connectivity index (χ1) is 15.6. The van der Waals surface area contributed by atoms with Gasteiger partial charge in [-0.25, -0.2) is 9.97 Å². The summed E-state index contributed by atoms with van der Waals surface area (Å²) in [6, 6.07) is 17.2. The van der Waals surface area contributed by atoms with E-state index in [0.29, 0.717) is 6.04 Å². The highest BCUT2D eigenvalue weighted by atomic mass is 32.1. The van der Waals surface area contributed by atoms with E-state index in [-0.39, 0.29) is 5.34 Å².